The summed E-state index contributed by atoms with van der Waals surface area (Å²) in [6, 6.07) is 20.0. The lowest BCUT2D eigenvalue weighted by Gasteiger charge is -2.44. The van der Waals surface area contributed by atoms with Crippen molar-refractivity contribution in [2.45, 2.75) is 58.2 Å². The van der Waals surface area contributed by atoms with Gasteiger partial charge in [0.15, 0.2) is 8.24 Å². The summed E-state index contributed by atoms with van der Waals surface area (Å²) in [5.74, 6) is 0. The average molecular weight is 350 g/mol. The van der Waals surface area contributed by atoms with Crippen molar-refractivity contribution in [3.63, 3.8) is 0 Å². The van der Waals surface area contributed by atoms with E-state index in [-0.39, 0.29) is 0 Å². The Morgan fingerprint density at radius 1 is 0.680 bits per heavy atom. The molecule has 0 radical (unpaired) electrons. The van der Waals surface area contributed by atoms with E-state index in [1.165, 1.54) is 22.0 Å². The molecule has 1 nitrogen and oxygen atoms in total. The highest BCUT2D eigenvalue weighted by Crippen LogP contribution is 2.44. The first-order valence-corrected chi connectivity index (χ1v) is 11.7. The van der Waals surface area contributed by atoms with Gasteiger partial charge in [-0.1, -0.05) is 77.9 Å². The maximum Gasteiger partial charge on any atom is 0.169 e. The number of hydrogen-bond donors (Lipinski definition) is 0. The van der Waals surface area contributed by atoms with Crippen molar-refractivity contribution < 1.29 is 0 Å². The van der Waals surface area contributed by atoms with E-state index >= 15 is 0 Å². The van der Waals surface area contributed by atoms with Crippen molar-refractivity contribution in [2.24, 2.45) is 0 Å². The van der Waals surface area contributed by atoms with Crippen LogP contribution < -0.4 is 0 Å². The first kappa shape index (κ1) is 18.0. The van der Waals surface area contributed by atoms with Gasteiger partial charge in [0.2, 0.25) is 0 Å². The van der Waals surface area contributed by atoms with Gasteiger partial charge in [0.05, 0.1) is 0 Å². The predicted molar refractivity (Wildman–Crippen MR) is 114 cm³/mol. The number of aromatic nitrogens is 1. The van der Waals surface area contributed by atoms with Gasteiger partial charge in [-0.2, -0.15) is 0 Å². The van der Waals surface area contributed by atoms with E-state index < -0.39 is 8.24 Å². The van der Waals surface area contributed by atoms with Crippen LogP contribution >= 0.6 is 0 Å². The fraction of sp³-hybridized carbons (Fsp3) is 0.391. The molecule has 0 saturated carbocycles. The summed E-state index contributed by atoms with van der Waals surface area (Å²) in [7, 11) is -1.70. The van der Waals surface area contributed by atoms with E-state index in [0.717, 1.165) is 0 Å². The van der Waals surface area contributed by atoms with Crippen molar-refractivity contribution in [3.8, 4) is 11.1 Å². The maximum atomic E-state index is 2.69. The van der Waals surface area contributed by atoms with Crippen LogP contribution in [0.4, 0.5) is 0 Å². The largest absolute Gasteiger partial charge is 0.373 e. The van der Waals surface area contributed by atoms with Crippen LogP contribution in [0.5, 0.6) is 0 Å². The molecule has 0 aliphatic carbocycles. The van der Waals surface area contributed by atoms with Gasteiger partial charge < -0.3 is 4.23 Å². The topological polar surface area (TPSA) is 4.93 Å². The minimum absolute atomic E-state index is 0.705. The molecule has 3 aromatic rings. The van der Waals surface area contributed by atoms with Gasteiger partial charge >= 0.3 is 0 Å². The first-order chi connectivity index (χ1) is 11.9. The number of nitrogens with zero attached hydrogens (tertiary/aromatic N) is 1. The predicted octanol–water partition coefficient (Wildman–Crippen LogP) is 7.33. The number of hydrogen-bond acceptors (Lipinski definition) is 0. The molecule has 1 heterocycles. The molecule has 0 aliphatic heterocycles. The SMILES string of the molecule is CC(C)[Si](C(C)C)(C(C)C)n1ccc2cc(-c3ccccc3)ccc21. The summed E-state index contributed by atoms with van der Waals surface area (Å²) >= 11 is 0. The lowest BCUT2D eigenvalue weighted by Crippen LogP contribution is -2.51. The second kappa shape index (κ2) is 6.84. The van der Waals surface area contributed by atoms with Gasteiger partial charge in [0.1, 0.15) is 0 Å². The molecular weight excluding hydrogens is 318 g/mol. The minimum Gasteiger partial charge on any atom is -0.373 e. The fourth-order valence-corrected chi connectivity index (χ4v) is 11.7. The standard InChI is InChI=1S/C23H31NSi/c1-17(2)25(18(3)4,19(5)6)24-15-14-22-16-21(12-13-23(22)24)20-10-8-7-9-11-20/h7-19H,1-6H3. The van der Waals surface area contributed by atoms with Crippen LogP contribution in [0.3, 0.4) is 0 Å². The van der Waals surface area contributed by atoms with Gasteiger partial charge in [0.25, 0.3) is 0 Å². The number of fused-ring (bicyclic) bond motifs is 1. The Balaban J connectivity index is 2.18. The molecule has 0 bridgehead atoms. The lowest BCUT2D eigenvalue weighted by molar-refractivity contribution is 0.773. The first-order valence-electron chi connectivity index (χ1n) is 9.56. The van der Waals surface area contributed by atoms with Gasteiger partial charge in [-0.15, -0.1) is 0 Å². The monoisotopic (exact) mass is 349 g/mol. The van der Waals surface area contributed by atoms with Crippen molar-refractivity contribution in [1.82, 2.24) is 4.23 Å². The molecule has 0 atom stereocenters. The highest BCUT2D eigenvalue weighted by atomic mass is 28.3. The van der Waals surface area contributed by atoms with Crippen LogP contribution in [0, 0.1) is 0 Å². The summed E-state index contributed by atoms with van der Waals surface area (Å²) in [5, 5.41) is 1.36. The normalized spacial score (nSPS) is 12.7. The Kier molecular flexibility index (Phi) is 4.92. The van der Waals surface area contributed by atoms with E-state index in [4.69, 9.17) is 0 Å². The zero-order chi connectivity index (χ0) is 18.2. The summed E-state index contributed by atoms with van der Waals surface area (Å²) in [4.78, 5) is 0. The molecule has 1 aromatic heterocycles. The maximum absolute atomic E-state index is 2.69. The fourth-order valence-electron chi connectivity index (χ4n) is 5.12. The summed E-state index contributed by atoms with van der Waals surface area (Å²) in [5.41, 5.74) is 6.11. The van der Waals surface area contributed by atoms with E-state index in [1.807, 2.05) is 0 Å². The molecule has 0 aliphatic rings. The molecule has 132 valence electrons. The zero-order valence-corrected chi connectivity index (χ0v) is 17.5. The van der Waals surface area contributed by atoms with E-state index in [9.17, 15) is 0 Å². The Bertz CT molecular complexity index is 821. The third kappa shape index (κ3) is 2.87. The summed E-state index contributed by atoms with van der Waals surface area (Å²) in [6.07, 6.45) is 2.37. The summed E-state index contributed by atoms with van der Waals surface area (Å²) < 4.78 is 2.69. The lowest BCUT2D eigenvalue weighted by atomic mass is 10.0. The molecule has 2 aromatic carbocycles. The van der Waals surface area contributed by atoms with Crippen molar-refractivity contribution in [1.29, 1.82) is 0 Å². The molecule has 0 saturated heterocycles. The van der Waals surface area contributed by atoms with Gasteiger partial charge in [0, 0.05) is 5.52 Å². The third-order valence-electron chi connectivity index (χ3n) is 5.99. The number of rotatable bonds is 5. The van der Waals surface area contributed by atoms with Gasteiger partial charge in [-0.25, -0.2) is 0 Å². The highest BCUT2D eigenvalue weighted by Gasteiger charge is 2.45. The molecule has 25 heavy (non-hydrogen) atoms. The van der Waals surface area contributed by atoms with Gasteiger partial charge in [-0.3, -0.25) is 0 Å². The minimum atomic E-state index is -1.70. The van der Waals surface area contributed by atoms with Crippen molar-refractivity contribution >= 4 is 19.1 Å². The van der Waals surface area contributed by atoms with Gasteiger partial charge in [-0.05, 0) is 57.5 Å². The molecule has 3 rings (SSSR count). The highest BCUT2D eigenvalue weighted by molar-refractivity contribution is 6.82. The van der Waals surface area contributed by atoms with Crippen molar-refractivity contribution in [3.05, 3.63) is 60.8 Å². The van der Waals surface area contributed by atoms with Crippen LogP contribution in [0.1, 0.15) is 41.5 Å². The summed E-state index contributed by atoms with van der Waals surface area (Å²) in [6.45, 7) is 14.6. The molecule has 0 spiro atoms. The molecular formula is C23H31NSi. The molecule has 0 unspecified atom stereocenters. The Morgan fingerprint density at radius 3 is 1.84 bits per heavy atom. The average Bonchev–Trinajstić information content (AvgIpc) is 2.99. The molecule has 2 heteroatoms. The van der Waals surface area contributed by atoms with Crippen LogP contribution in [0.2, 0.25) is 16.6 Å². The van der Waals surface area contributed by atoms with Crippen molar-refractivity contribution in [2.75, 3.05) is 0 Å². The number of benzene rings is 2. The Labute approximate surface area is 153 Å². The van der Waals surface area contributed by atoms with Crippen LogP contribution in [0.25, 0.3) is 22.0 Å². The van der Waals surface area contributed by atoms with E-state index in [0.29, 0.717) is 16.6 Å². The van der Waals surface area contributed by atoms with E-state index in [2.05, 4.69) is 107 Å². The Hall–Kier alpha value is -1.80. The second-order valence-electron chi connectivity index (χ2n) is 8.18. The van der Waals surface area contributed by atoms with E-state index in [1.54, 1.807) is 0 Å². The van der Waals surface area contributed by atoms with Crippen LogP contribution in [-0.4, -0.2) is 12.5 Å². The van der Waals surface area contributed by atoms with Crippen LogP contribution in [-0.2, 0) is 0 Å². The third-order valence-corrected chi connectivity index (χ3v) is 12.8. The molecule has 0 amide bonds. The smallest absolute Gasteiger partial charge is 0.169 e. The Morgan fingerprint density at radius 2 is 1.28 bits per heavy atom. The molecule has 0 fully saturated rings. The van der Waals surface area contributed by atoms with Crippen LogP contribution in [0.15, 0.2) is 60.8 Å². The second-order valence-corrected chi connectivity index (χ2v) is 13.9. The quantitative estimate of drug-likeness (QED) is 0.425. The molecule has 0 N–H and O–H groups in total. The zero-order valence-electron chi connectivity index (χ0n) is 16.5.